The number of anilines is 2. The molecule has 2 aromatic rings. The van der Waals surface area contributed by atoms with Crippen LogP contribution in [-0.2, 0) is 9.59 Å². The zero-order valence-electron chi connectivity index (χ0n) is 14.9. The molecule has 0 aliphatic carbocycles. The monoisotopic (exact) mass is 364 g/mol. The molecule has 2 aromatic carbocycles. The molecule has 27 heavy (non-hydrogen) atoms. The molecule has 0 unspecified atom stereocenters. The predicted molar refractivity (Wildman–Crippen MR) is 104 cm³/mol. The molecule has 1 aliphatic heterocycles. The quantitative estimate of drug-likeness (QED) is 0.711. The van der Waals surface area contributed by atoms with E-state index in [0.717, 1.165) is 5.56 Å². The maximum atomic E-state index is 12.7. The molecule has 7 nitrogen and oxygen atoms in total. The van der Waals surface area contributed by atoms with Gasteiger partial charge in [-0.05, 0) is 29.8 Å². The molecule has 0 spiro atoms. The van der Waals surface area contributed by atoms with Gasteiger partial charge in [-0.15, -0.1) is 0 Å². The number of benzene rings is 2. The Morgan fingerprint density at radius 3 is 2.56 bits per heavy atom. The minimum absolute atomic E-state index is 0.137. The summed E-state index contributed by atoms with van der Waals surface area (Å²) in [5.41, 5.74) is 2.15. The molecular weight excluding hydrogens is 344 g/mol. The Hall–Kier alpha value is -3.61. The summed E-state index contributed by atoms with van der Waals surface area (Å²) in [5.74, 6) is -0.785. The lowest BCUT2D eigenvalue weighted by Gasteiger charge is -2.16. The average molecular weight is 364 g/mol. The fraction of sp³-hybridized carbons (Fsp3) is 0.150. The molecule has 4 amide bonds. The molecule has 0 radical (unpaired) electrons. The van der Waals surface area contributed by atoms with Crippen LogP contribution in [0, 0.1) is 0 Å². The highest BCUT2D eigenvalue weighted by Gasteiger charge is 2.21. The fourth-order valence-corrected chi connectivity index (χ4v) is 2.73. The van der Waals surface area contributed by atoms with Crippen LogP contribution in [0.4, 0.5) is 16.2 Å². The van der Waals surface area contributed by atoms with Gasteiger partial charge >= 0.3 is 6.03 Å². The maximum absolute atomic E-state index is 12.7. The molecule has 138 valence electrons. The third-order valence-electron chi connectivity index (χ3n) is 3.94. The van der Waals surface area contributed by atoms with Crippen LogP contribution in [0.15, 0.2) is 60.3 Å². The van der Waals surface area contributed by atoms with Gasteiger partial charge < -0.3 is 16.0 Å². The highest BCUT2D eigenvalue weighted by atomic mass is 16.2. The molecule has 0 bridgehead atoms. The summed E-state index contributed by atoms with van der Waals surface area (Å²) in [6.07, 6.45) is 1.61. The Kier molecular flexibility index (Phi) is 5.51. The van der Waals surface area contributed by atoms with Crippen molar-refractivity contribution in [2.24, 2.45) is 0 Å². The normalized spacial score (nSPS) is 13.9. The van der Waals surface area contributed by atoms with Crippen molar-refractivity contribution in [2.75, 3.05) is 23.3 Å². The van der Waals surface area contributed by atoms with Crippen LogP contribution in [0.25, 0.3) is 6.08 Å². The number of carbonyl (C=O) groups is 3. The molecule has 3 rings (SSSR count). The molecule has 1 fully saturated rings. The maximum Gasteiger partial charge on any atom is 0.321 e. The van der Waals surface area contributed by atoms with E-state index in [0.29, 0.717) is 24.5 Å². The highest BCUT2D eigenvalue weighted by Crippen LogP contribution is 2.21. The van der Waals surface area contributed by atoms with Gasteiger partial charge in [-0.3, -0.25) is 14.5 Å². The van der Waals surface area contributed by atoms with Gasteiger partial charge in [0.15, 0.2) is 0 Å². The molecule has 0 saturated carbocycles. The minimum atomic E-state index is -0.447. The number of nitrogens with zero attached hydrogens (tertiary/aromatic N) is 1. The molecule has 0 aromatic heterocycles. The van der Waals surface area contributed by atoms with Crippen LogP contribution < -0.4 is 20.9 Å². The van der Waals surface area contributed by atoms with E-state index in [9.17, 15) is 14.4 Å². The Balaban J connectivity index is 1.80. The Morgan fingerprint density at radius 2 is 1.89 bits per heavy atom. The molecular formula is C20H20N4O3. The third kappa shape index (κ3) is 4.72. The number of hydrogen-bond acceptors (Lipinski definition) is 3. The van der Waals surface area contributed by atoms with Gasteiger partial charge in [0.2, 0.25) is 5.91 Å². The van der Waals surface area contributed by atoms with Gasteiger partial charge in [-0.25, -0.2) is 4.79 Å². The van der Waals surface area contributed by atoms with Gasteiger partial charge in [0.1, 0.15) is 5.70 Å². The van der Waals surface area contributed by atoms with Gasteiger partial charge in [-0.2, -0.15) is 0 Å². The van der Waals surface area contributed by atoms with Crippen LogP contribution in [0.1, 0.15) is 12.5 Å². The number of amides is 4. The second kappa shape index (κ2) is 8.18. The first-order chi connectivity index (χ1) is 13.0. The molecule has 1 saturated heterocycles. The van der Waals surface area contributed by atoms with Crippen molar-refractivity contribution >= 4 is 35.3 Å². The summed E-state index contributed by atoms with van der Waals surface area (Å²) in [5, 5.41) is 8.07. The van der Waals surface area contributed by atoms with Crippen molar-refractivity contribution < 1.29 is 14.4 Å². The first-order valence-corrected chi connectivity index (χ1v) is 8.54. The Morgan fingerprint density at radius 1 is 1.11 bits per heavy atom. The third-order valence-corrected chi connectivity index (χ3v) is 3.94. The van der Waals surface area contributed by atoms with Gasteiger partial charge in [0.25, 0.3) is 5.91 Å². The molecule has 3 N–H and O–H groups in total. The topological polar surface area (TPSA) is 90.5 Å². The number of urea groups is 1. The van der Waals surface area contributed by atoms with Crippen LogP contribution in [-0.4, -0.2) is 30.9 Å². The lowest BCUT2D eigenvalue weighted by molar-refractivity contribution is -0.120. The lowest BCUT2D eigenvalue weighted by Crippen LogP contribution is -2.29. The smallest absolute Gasteiger partial charge is 0.321 e. The van der Waals surface area contributed by atoms with Crippen molar-refractivity contribution in [1.29, 1.82) is 0 Å². The fourth-order valence-electron chi connectivity index (χ4n) is 2.73. The molecule has 0 atom stereocenters. The molecule has 1 heterocycles. The second-order valence-electron chi connectivity index (χ2n) is 6.04. The van der Waals surface area contributed by atoms with E-state index in [2.05, 4.69) is 16.0 Å². The second-order valence-corrected chi connectivity index (χ2v) is 6.04. The molecule has 1 aliphatic rings. The van der Waals surface area contributed by atoms with Crippen LogP contribution in [0.3, 0.4) is 0 Å². The van der Waals surface area contributed by atoms with E-state index in [1.807, 2.05) is 30.3 Å². The zero-order valence-corrected chi connectivity index (χ0v) is 14.9. The van der Waals surface area contributed by atoms with Gasteiger partial charge in [0, 0.05) is 31.4 Å². The predicted octanol–water partition coefficient (Wildman–Crippen LogP) is 2.33. The first-order valence-electron chi connectivity index (χ1n) is 8.54. The largest absolute Gasteiger partial charge is 0.336 e. The summed E-state index contributed by atoms with van der Waals surface area (Å²) < 4.78 is 0. The zero-order chi connectivity index (χ0) is 19.2. The van der Waals surface area contributed by atoms with Crippen LogP contribution in [0.2, 0.25) is 0 Å². The summed E-state index contributed by atoms with van der Waals surface area (Å²) in [6.45, 7) is 2.50. The van der Waals surface area contributed by atoms with E-state index >= 15 is 0 Å². The van der Waals surface area contributed by atoms with Crippen molar-refractivity contribution in [3.05, 3.63) is 65.9 Å². The summed E-state index contributed by atoms with van der Waals surface area (Å²) >= 11 is 0. The number of nitrogens with one attached hydrogen (secondary N) is 3. The van der Waals surface area contributed by atoms with Gasteiger partial charge in [-0.1, -0.05) is 36.4 Å². The van der Waals surface area contributed by atoms with Crippen LogP contribution in [0.5, 0.6) is 0 Å². The lowest BCUT2D eigenvalue weighted by atomic mass is 10.2. The van der Waals surface area contributed by atoms with Crippen LogP contribution >= 0.6 is 0 Å². The summed E-state index contributed by atoms with van der Waals surface area (Å²) in [7, 11) is 0. The average Bonchev–Trinajstić information content (AvgIpc) is 3.08. The Bertz CT molecular complexity index is 893. The SMILES string of the molecule is CC(=O)NC(=Cc1ccccc1)C(=O)Nc1cccc(N2CCNC2=O)c1. The number of hydrogen-bond donors (Lipinski definition) is 3. The summed E-state index contributed by atoms with van der Waals surface area (Å²) in [4.78, 5) is 37.6. The van der Waals surface area contributed by atoms with E-state index in [1.54, 1.807) is 35.2 Å². The van der Waals surface area contributed by atoms with E-state index < -0.39 is 5.91 Å². The summed E-state index contributed by atoms with van der Waals surface area (Å²) in [6, 6.07) is 16.1. The van der Waals surface area contributed by atoms with Crippen molar-refractivity contribution in [3.63, 3.8) is 0 Å². The number of rotatable bonds is 5. The first kappa shape index (κ1) is 18.2. The van der Waals surface area contributed by atoms with Crippen molar-refractivity contribution in [1.82, 2.24) is 10.6 Å². The van der Waals surface area contributed by atoms with E-state index in [4.69, 9.17) is 0 Å². The minimum Gasteiger partial charge on any atom is -0.336 e. The standard InChI is InChI=1S/C20H20N4O3/c1-14(25)22-18(12-15-6-3-2-4-7-15)19(26)23-16-8-5-9-17(13-16)24-11-10-21-20(24)27/h2-9,12-13H,10-11H2,1H3,(H,21,27)(H,22,25)(H,23,26). The Labute approximate surface area is 157 Å². The van der Waals surface area contributed by atoms with E-state index in [1.165, 1.54) is 6.92 Å². The van der Waals surface area contributed by atoms with Crippen molar-refractivity contribution in [3.8, 4) is 0 Å². The van der Waals surface area contributed by atoms with Crippen molar-refractivity contribution in [2.45, 2.75) is 6.92 Å². The number of carbonyl (C=O) groups excluding carboxylic acids is 3. The highest BCUT2D eigenvalue weighted by molar-refractivity contribution is 6.08. The van der Waals surface area contributed by atoms with Gasteiger partial charge in [0.05, 0.1) is 0 Å². The van der Waals surface area contributed by atoms with E-state index in [-0.39, 0.29) is 17.6 Å². The molecule has 7 heteroatoms.